The van der Waals surface area contributed by atoms with Crippen LogP contribution in [0, 0.1) is 6.92 Å². The minimum Gasteiger partial charge on any atom is -0.393 e. The fourth-order valence-corrected chi connectivity index (χ4v) is 1.23. The summed E-state index contributed by atoms with van der Waals surface area (Å²) in [6, 6.07) is 2.01. The molecule has 72 valence electrons. The van der Waals surface area contributed by atoms with Crippen molar-refractivity contribution >= 4 is 11.6 Å². The molecule has 0 aliphatic heterocycles. The summed E-state index contributed by atoms with van der Waals surface area (Å²) in [5.41, 5.74) is 2.12. The van der Waals surface area contributed by atoms with Crippen molar-refractivity contribution in [1.82, 2.24) is 4.98 Å². The van der Waals surface area contributed by atoms with E-state index in [1.165, 1.54) is 0 Å². The summed E-state index contributed by atoms with van der Waals surface area (Å²) in [6.45, 7) is 3.72. The van der Waals surface area contributed by atoms with Crippen LogP contribution in [-0.2, 0) is 6.42 Å². The molecule has 1 heterocycles. The number of nitrogens with zero attached hydrogens (tertiary/aromatic N) is 1. The lowest BCUT2D eigenvalue weighted by atomic mass is 10.1. The van der Waals surface area contributed by atoms with Gasteiger partial charge in [0.2, 0.25) is 0 Å². The first kappa shape index (κ1) is 10.5. The minimum absolute atomic E-state index is 0.254. The smallest absolute Gasteiger partial charge is 0.131 e. The number of aliphatic hydroxyl groups is 1. The van der Waals surface area contributed by atoms with Gasteiger partial charge in [0, 0.05) is 6.20 Å². The Labute approximate surface area is 83.6 Å². The number of hydrogen-bond acceptors (Lipinski definition) is 2. The van der Waals surface area contributed by atoms with Crippen LogP contribution in [0.1, 0.15) is 24.5 Å². The molecule has 0 fully saturated rings. The second kappa shape index (κ2) is 4.58. The Morgan fingerprint density at radius 2 is 2.31 bits per heavy atom. The Bertz CT molecular complexity index is 286. The van der Waals surface area contributed by atoms with Gasteiger partial charge in [-0.3, -0.25) is 0 Å². The van der Waals surface area contributed by atoms with Crippen LogP contribution in [0.25, 0.3) is 0 Å². The molecule has 0 bridgehead atoms. The van der Waals surface area contributed by atoms with Crippen molar-refractivity contribution in [3.8, 4) is 0 Å². The Morgan fingerprint density at radius 3 is 2.85 bits per heavy atom. The van der Waals surface area contributed by atoms with Gasteiger partial charge in [0.15, 0.2) is 0 Å². The summed E-state index contributed by atoms with van der Waals surface area (Å²) < 4.78 is 0. The van der Waals surface area contributed by atoms with E-state index >= 15 is 0 Å². The second-order valence-electron chi connectivity index (χ2n) is 3.34. The highest BCUT2D eigenvalue weighted by molar-refractivity contribution is 6.30. The number of aliphatic hydroxyl groups excluding tert-OH is 1. The lowest BCUT2D eigenvalue weighted by Crippen LogP contribution is -2.01. The summed E-state index contributed by atoms with van der Waals surface area (Å²) >= 11 is 5.78. The maximum absolute atomic E-state index is 9.09. The molecular weight excluding hydrogens is 186 g/mol. The van der Waals surface area contributed by atoms with Gasteiger partial charge < -0.3 is 5.11 Å². The lowest BCUT2D eigenvalue weighted by molar-refractivity contribution is 0.185. The van der Waals surface area contributed by atoms with Crippen LogP contribution in [0.3, 0.4) is 0 Å². The van der Waals surface area contributed by atoms with Gasteiger partial charge in [-0.15, -0.1) is 0 Å². The fourth-order valence-electron chi connectivity index (χ4n) is 1.13. The predicted molar refractivity (Wildman–Crippen MR) is 54.0 cm³/mol. The molecule has 0 unspecified atom stereocenters. The first-order chi connectivity index (χ1) is 6.09. The van der Waals surface area contributed by atoms with Crippen molar-refractivity contribution in [1.29, 1.82) is 0 Å². The van der Waals surface area contributed by atoms with Gasteiger partial charge in [0.1, 0.15) is 5.15 Å². The fraction of sp³-hybridized carbons (Fsp3) is 0.500. The van der Waals surface area contributed by atoms with E-state index < -0.39 is 0 Å². The standard InChI is InChI=1S/C10H14ClNO/c1-7-5-9(4-3-8(2)13)6-12-10(7)11/h5-6,8,13H,3-4H2,1-2H3/t8-/m0/s1. The van der Waals surface area contributed by atoms with Crippen LogP contribution >= 0.6 is 11.6 Å². The third-order valence-electron chi connectivity index (χ3n) is 1.92. The third kappa shape index (κ3) is 3.33. The average molecular weight is 200 g/mol. The summed E-state index contributed by atoms with van der Waals surface area (Å²) in [5, 5.41) is 9.65. The lowest BCUT2D eigenvalue weighted by Gasteiger charge is -2.05. The molecule has 0 aliphatic carbocycles. The van der Waals surface area contributed by atoms with Crippen molar-refractivity contribution in [2.24, 2.45) is 0 Å². The molecule has 1 atom stereocenters. The van der Waals surface area contributed by atoms with E-state index in [2.05, 4.69) is 4.98 Å². The SMILES string of the molecule is Cc1cc(CC[C@H](C)O)cnc1Cl. The van der Waals surface area contributed by atoms with Gasteiger partial charge in [0.05, 0.1) is 6.10 Å². The van der Waals surface area contributed by atoms with Crippen molar-refractivity contribution in [2.45, 2.75) is 32.8 Å². The van der Waals surface area contributed by atoms with Crippen LogP contribution in [0.15, 0.2) is 12.3 Å². The van der Waals surface area contributed by atoms with Gasteiger partial charge in [-0.2, -0.15) is 0 Å². The van der Waals surface area contributed by atoms with Crippen molar-refractivity contribution < 1.29 is 5.11 Å². The third-order valence-corrected chi connectivity index (χ3v) is 2.32. The zero-order chi connectivity index (χ0) is 9.84. The highest BCUT2D eigenvalue weighted by Gasteiger charge is 2.01. The Kier molecular flexibility index (Phi) is 3.70. The maximum atomic E-state index is 9.09. The number of aryl methyl sites for hydroxylation is 2. The van der Waals surface area contributed by atoms with E-state index in [9.17, 15) is 0 Å². The van der Waals surface area contributed by atoms with Gasteiger partial charge in [0.25, 0.3) is 0 Å². The quantitative estimate of drug-likeness (QED) is 0.759. The predicted octanol–water partition coefficient (Wildman–Crippen LogP) is 2.36. The van der Waals surface area contributed by atoms with E-state index in [4.69, 9.17) is 16.7 Å². The highest BCUT2D eigenvalue weighted by Crippen LogP contribution is 2.14. The van der Waals surface area contributed by atoms with E-state index in [-0.39, 0.29) is 6.10 Å². The van der Waals surface area contributed by atoms with E-state index in [1.54, 1.807) is 13.1 Å². The summed E-state index contributed by atoms with van der Waals surface area (Å²) in [4.78, 5) is 4.04. The topological polar surface area (TPSA) is 33.1 Å². The van der Waals surface area contributed by atoms with Gasteiger partial charge in [-0.1, -0.05) is 17.7 Å². The molecule has 0 saturated carbocycles. The van der Waals surface area contributed by atoms with Gasteiger partial charge in [-0.05, 0) is 37.8 Å². The zero-order valence-corrected chi connectivity index (χ0v) is 8.67. The first-order valence-electron chi connectivity index (χ1n) is 4.38. The molecule has 0 amide bonds. The summed E-state index contributed by atoms with van der Waals surface area (Å²) in [7, 11) is 0. The molecule has 2 nitrogen and oxygen atoms in total. The first-order valence-corrected chi connectivity index (χ1v) is 4.76. The van der Waals surface area contributed by atoms with Gasteiger partial charge >= 0.3 is 0 Å². The van der Waals surface area contributed by atoms with Crippen LogP contribution in [0.2, 0.25) is 5.15 Å². The molecule has 0 spiro atoms. The monoisotopic (exact) mass is 199 g/mol. The van der Waals surface area contributed by atoms with Crippen molar-refractivity contribution in [3.05, 3.63) is 28.5 Å². The molecule has 1 N–H and O–H groups in total. The largest absolute Gasteiger partial charge is 0.393 e. The van der Waals surface area contributed by atoms with Crippen molar-refractivity contribution in [2.75, 3.05) is 0 Å². The van der Waals surface area contributed by atoms with E-state index in [0.29, 0.717) is 5.15 Å². The van der Waals surface area contributed by atoms with E-state index in [1.807, 2.05) is 13.0 Å². The molecule has 0 aliphatic rings. The number of hydrogen-bond donors (Lipinski definition) is 1. The molecule has 0 radical (unpaired) electrons. The Morgan fingerprint density at radius 1 is 1.62 bits per heavy atom. The molecule has 3 heteroatoms. The minimum atomic E-state index is -0.254. The normalized spacial score (nSPS) is 12.9. The molecule has 1 rings (SSSR count). The summed E-state index contributed by atoms with van der Waals surface area (Å²) in [5.74, 6) is 0. The molecular formula is C10H14ClNO. The molecule has 0 saturated heterocycles. The zero-order valence-electron chi connectivity index (χ0n) is 7.92. The number of aromatic nitrogens is 1. The highest BCUT2D eigenvalue weighted by atomic mass is 35.5. The van der Waals surface area contributed by atoms with Crippen LogP contribution in [-0.4, -0.2) is 16.2 Å². The molecule has 1 aromatic rings. The van der Waals surface area contributed by atoms with E-state index in [0.717, 1.165) is 24.0 Å². The molecule has 0 aromatic carbocycles. The second-order valence-corrected chi connectivity index (χ2v) is 3.70. The average Bonchev–Trinajstić information content (AvgIpc) is 2.07. The molecule has 1 aromatic heterocycles. The number of pyridine rings is 1. The maximum Gasteiger partial charge on any atom is 0.131 e. The molecule has 13 heavy (non-hydrogen) atoms. The Hall–Kier alpha value is -0.600. The summed E-state index contributed by atoms with van der Waals surface area (Å²) in [6.07, 6.45) is 3.12. The number of rotatable bonds is 3. The van der Waals surface area contributed by atoms with Gasteiger partial charge in [-0.25, -0.2) is 4.98 Å². The van der Waals surface area contributed by atoms with Crippen LogP contribution < -0.4 is 0 Å². The van der Waals surface area contributed by atoms with Crippen LogP contribution in [0.4, 0.5) is 0 Å². The number of halogens is 1. The van der Waals surface area contributed by atoms with Crippen molar-refractivity contribution in [3.63, 3.8) is 0 Å². The Balaban J connectivity index is 2.63. The van der Waals surface area contributed by atoms with Crippen LogP contribution in [0.5, 0.6) is 0 Å².